The summed E-state index contributed by atoms with van der Waals surface area (Å²) in [7, 11) is 2.12. The summed E-state index contributed by atoms with van der Waals surface area (Å²) in [5.74, 6) is 2.49. The van der Waals surface area contributed by atoms with Gasteiger partial charge >= 0.3 is 0 Å². The summed E-state index contributed by atoms with van der Waals surface area (Å²) >= 11 is 0. The second-order valence-corrected chi connectivity index (χ2v) is 6.99. The maximum absolute atomic E-state index is 9.45. The van der Waals surface area contributed by atoms with E-state index in [1.54, 1.807) is 0 Å². The summed E-state index contributed by atoms with van der Waals surface area (Å²) in [5, 5.41) is 13.5. The Morgan fingerprint density at radius 2 is 2.00 bits per heavy atom. The van der Waals surface area contributed by atoms with Crippen LogP contribution in [0.4, 0.5) is 0 Å². The predicted molar refractivity (Wildman–Crippen MR) is 85.6 cm³/mol. The van der Waals surface area contributed by atoms with Gasteiger partial charge in [-0.25, -0.2) is 0 Å². The van der Waals surface area contributed by atoms with Crippen LogP contribution < -0.4 is 0 Å². The van der Waals surface area contributed by atoms with Crippen molar-refractivity contribution in [3.05, 3.63) is 11.7 Å². The quantitative estimate of drug-likeness (QED) is 0.827. The molecule has 2 rings (SSSR count). The van der Waals surface area contributed by atoms with Crippen molar-refractivity contribution in [2.24, 2.45) is 5.92 Å². The second kappa shape index (κ2) is 8.04. The minimum Gasteiger partial charge on any atom is -0.392 e. The monoisotopic (exact) mass is 310 g/mol. The predicted octanol–water partition coefficient (Wildman–Crippen LogP) is 1.72. The maximum atomic E-state index is 9.45. The third kappa shape index (κ3) is 5.34. The molecule has 1 atom stereocenters. The van der Waals surface area contributed by atoms with Crippen molar-refractivity contribution in [2.75, 3.05) is 33.2 Å². The van der Waals surface area contributed by atoms with E-state index in [0.717, 1.165) is 44.4 Å². The molecule has 0 unspecified atom stereocenters. The average Bonchev–Trinajstić information content (AvgIpc) is 2.89. The molecule has 0 aromatic carbocycles. The number of piperidine rings is 1. The van der Waals surface area contributed by atoms with Crippen LogP contribution in [-0.2, 0) is 6.54 Å². The molecule has 1 aliphatic heterocycles. The first-order valence-corrected chi connectivity index (χ1v) is 8.35. The van der Waals surface area contributed by atoms with Gasteiger partial charge in [0.15, 0.2) is 5.82 Å². The highest BCUT2D eigenvalue weighted by atomic mass is 16.5. The van der Waals surface area contributed by atoms with Crippen molar-refractivity contribution in [1.29, 1.82) is 0 Å². The zero-order chi connectivity index (χ0) is 16.1. The number of nitrogens with zero attached hydrogens (tertiary/aromatic N) is 4. The lowest BCUT2D eigenvalue weighted by atomic mass is 9.96. The fraction of sp³-hybridized carbons (Fsp3) is 0.875. The van der Waals surface area contributed by atoms with Crippen molar-refractivity contribution < 1.29 is 9.63 Å². The number of aliphatic hydroxyl groups is 1. The summed E-state index contributed by atoms with van der Waals surface area (Å²) < 4.78 is 5.25. The van der Waals surface area contributed by atoms with Gasteiger partial charge in [-0.15, -0.1) is 0 Å². The molecule has 1 aromatic heterocycles. The van der Waals surface area contributed by atoms with Crippen LogP contribution in [0.15, 0.2) is 4.52 Å². The summed E-state index contributed by atoms with van der Waals surface area (Å²) in [6.45, 7) is 10.7. The first kappa shape index (κ1) is 17.4. The van der Waals surface area contributed by atoms with Gasteiger partial charge in [0.1, 0.15) is 0 Å². The molecule has 1 N–H and O–H groups in total. The van der Waals surface area contributed by atoms with Crippen molar-refractivity contribution >= 4 is 0 Å². The molecule has 1 aromatic rings. The minimum atomic E-state index is -0.229. The van der Waals surface area contributed by atoms with E-state index in [0.29, 0.717) is 5.92 Å². The Bertz CT molecular complexity index is 439. The molecule has 22 heavy (non-hydrogen) atoms. The van der Waals surface area contributed by atoms with Crippen LogP contribution in [0.2, 0.25) is 0 Å². The lowest BCUT2D eigenvalue weighted by Crippen LogP contribution is -2.40. The molecule has 0 radical (unpaired) electrons. The minimum absolute atomic E-state index is 0.229. The molecule has 126 valence electrons. The molecule has 2 heterocycles. The fourth-order valence-electron chi connectivity index (χ4n) is 3.04. The van der Waals surface area contributed by atoms with Gasteiger partial charge in [-0.1, -0.05) is 19.0 Å². The number of hydrogen-bond donors (Lipinski definition) is 1. The van der Waals surface area contributed by atoms with Crippen LogP contribution in [0.3, 0.4) is 0 Å². The standard InChI is InChI=1S/C16H30N4O2/c1-12(2)16-17-15(18-22-16)11-19(4)10-14-5-7-20(8-6-14)9-13(3)21/h12-14,21H,5-11H2,1-4H3/t13-/m1/s1. The molecule has 6 nitrogen and oxygen atoms in total. The summed E-state index contributed by atoms with van der Waals surface area (Å²) in [6.07, 6.45) is 2.16. The zero-order valence-electron chi connectivity index (χ0n) is 14.3. The van der Waals surface area contributed by atoms with Gasteiger partial charge in [0.25, 0.3) is 0 Å². The van der Waals surface area contributed by atoms with Gasteiger partial charge in [0.05, 0.1) is 12.6 Å². The van der Waals surface area contributed by atoms with Crippen molar-refractivity contribution in [3.8, 4) is 0 Å². The normalized spacial score (nSPS) is 19.2. The molecule has 1 saturated heterocycles. The van der Waals surface area contributed by atoms with Gasteiger partial charge in [0, 0.05) is 19.0 Å². The van der Waals surface area contributed by atoms with Gasteiger partial charge in [-0.3, -0.25) is 4.90 Å². The highest BCUT2D eigenvalue weighted by molar-refractivity contribution is 4.90. The van der Waals surface area contributed by atoms with Crippen LogP contribution in [0, 0.1) is 5.92 Å². The van der Waals surface area contributed by atoms with Crippen LogP contribution in [0.25, 0.3) is 0 Å². The van der Waals surface area contributed by atoms with Crippen LogP contribution in [0.1, 0.15) is 51.2 Å². The van der Waals surface area contributed by atoms with Crippen LogP contribution >= 0.6 is 0 Å². The van der Waals surface area contributed by atoms with Crippen LogP contribution in [0.5, 0.6) is 0 Å². The van der Waals surface area contributed by atoms with E-state index >= 15 is 0 Å². The molecule has 0 spiro atoms. The lowest BCUT2D eigenvalue weighted by molar-refractivity contribution is 0.0916. The number of hydrogen-bond acceptors (Lipinski definition) is 6. The molecular formula is C16H30N4O2. The van der Waals surface area contributed by atoms with Gasteiger partial charge in [-0.2, -0.15) is 4.98 Å². The molecule has 0 amide bonds. The summed E-state index contributed by atoms with van der Waals surface area (Å²) in [4.78, 5) is 9.07. The molecule has 0 bridgehead atoms. The van der Waals surface area contributed by atoms with E-state index in [2.05, 4.69) is 40.8 Å². The number of likely N-dealkylation sites (tertiary alicyclic amines) is 1. The molecular weight excluding hydrogens is 280 g/mol. The van der Waals surface area contributed by atoms with Gasteiger partial charge in [0.2, 0.25) is 5.89 Å². The van der Waals surface area contributed by atoms with Gasteiger partial charge in [-0.05, 0) is 45.8 Å². The molecule has 0 saturated carbocycles. The van der Waals surface area contributed by atoms with E-state index in [1.165, 1.54) is 12.8 Å². The molecule has 0 aliphatic carbocycles. The fourth-order valence-corrected chi connectivity index (χ4v) is 3.04. The maximum Gasteiger partial charge on any atom is 0.229 e. The highest BCUT2D eigenvalue weighted by Gasteiger charge is 2.21. The molecule has 1 aliphatic rings. The number of aliphatic hydroxyl groups excluding tert-OH is 1. The van der Waals surface area contributed by atoms with Crippen molar-refractivity contribution in [3.63, 3.8) is 0 Å². The average molecular weight is 310 g/mol. The first-order chi connectivity index (χ1) is 10.4. The smallest absolute Gasteiger partial charge is 0.229 e. The van der Waals surface area contributed by atoms with Gasteiger partial charge < -0.3 is 14.5 Å². The second-order valence-electron chi connectivity index (χ2n) is 6.99. The van der Waals surface area contributed by atoms with E-state index in [-0.39, 0.29) is 12.0 Å². The van der Waals surface area contributed by atoms with Crippen molar-refractivity contribution in [2.45, 2.75) is 52.2 Å². The lowest BCUT2D eigenvalue weighted by Gasteiger charge is -2.34. The Hall–Kier alpha value is -0.980. The van der Waals surface area contributed by atoms with E-state index in [4.69, 9.17) is 4.52 Å². The largest absolute Gasteiger partial charge is 0.392 e. The van der Waals surface area contributed by atoms with E-state index in [9.17, 15) is 5.11 Å². The van der Waals surface area contributed by atoms with E-state index < -0.39 is 0 Å². The summed E-state index contributed by atoms with van der Waals surface area (Å²) in [6, 6.07) is 0. The SMILES string of the molecule is CC(C)c1nc(CN(C)CC2CCN(C[C@@H](C)O)CC2)no1. The topological polar surface area (TPSA) is 65.6 Å². The zero-order valence-corrected chi connectivity index (χ0v) is 14.3. The number of rotatable bonds is 7. The Balaban J connectivity index is 1.72. The van der Waals surface area contributed by atoms with E-state index in [1.807, 2.05) is 6.92 Å². The molecule has 6 heteroatoms. The Morgan fingerprint density at radius 3 is 2.55 bits per heavy atom. The van der Waals surface area contributed by atoms with Crippen molar-refractivity contribution in [1.82, 2.24) is 19.9 Å². The Kier molecular flexibility index (Phi) is 6.35. The number of β-amino-alcohol motifs (C(OH)–C–C–N with tert-alkyl or cyclic N) is 1. The first-order valence-electron chi connectivity index (χ1n) is 8.35. The Morgan fingerprint density at radius 1 is 1.32 bits per heavy atom. The third-order valence-electron chi connectivity index (χ3n) is 4.19. The Labute approximate surface area is 133 Å². The third-order valence-corrected chi connectivity index (χ3v) is 4.19. The molecule has 1 fully saturated rings. The number of aromatic nitrogens is 2. The summed E-state index contributed by atoms with van der Waals surface area (Å²) in [5.41, 5.74) is 0. The van der Waals surface area contributed by atoms with Crippen LogP contribution in [-0.4, -0.2) is 64.4 Å². The highest BCUT2D eigenvalue weighted by Crippen LogP contribution is 2.19.